The van der Waals surface area contributed by atoms with Crippen LogP contribution < -0.4 is 5.56 Å². The predicted octanol–water partition coefficient (Wildman–Crippen LogP) is 0.355. The minimum absolute atomic E-state index is 0.0112. The Balaban J connectivity index is 2.47. The van der Waals surface area contributed by atoms with Crippen LogP contribution in [0.3, 0.4) is 0 Å². The van der Waals surface area contributed by atoms with Crippen LogP contribution in [0.1, 0.15) is 13.8 Å². The first-order chi connectivity index (χ1) is 8.00. The number of aryl methyl sites for hydroxylation is 1. The molecular formula is C11H14N4O2. The Labute approximate surface area is 97.9 Å². The summed E-state index contributed by atoms with van der Waals surface area (Å²) in [4.78, 5) is 27.7. The monoisotopic (exact) mass is 234 g/mol. The minimum Gasteiger partial charge on any atom is -0.297 e. The zero-order valence-corrected chi connectivity index (χ0v) is 10.0. The van der Waals surface area contributed by atoms with Crippen molar-refractivity contribution in [3.05, 3.63) is 22.9 Å². The van der Waals surface area contributed by atoms with Crippen LogP contribution in [0.25, 0.3) is 11.0 Å². The summed E-state index contributed by atoms with van der Waals surface area (Å²) in [7, 11) is 1.72. The van der Waals surface area contributed by atoms with Crippen molar-refractivity contribution in [3.63, 3.8) is 0 Å². The van der Waals surface area contributed by atoms with Crippen molar-refractivity contribution >= 4 is 16.8 Å². The van der Waals surface area contributed by atoms with Gasteiger partial charge in [0.25, 0.3) is 5.56 Å². The van der Waals surface area contributed by atoms with E-state index in [2.05, 4.69) is 10.1 Å². The van der Waals surface area contributed by atoms with E-state index in [9.17, 15) is 9.59 Å². The van der Waals surface area contributed by atoms with Gasteiger partial charge in [-0.05, 0) is 0 Å². The number of rotatable bonds is 3. The maximum Gasteiger partial charge on any atom is 0.264 e. The van der Waals surface area contributed by atoms with Crippen molar-refractivity contribution in [2.75, 3.05) is 0 Å². The Kier molecular flexibility index (Phi) is 2.79. The Morgan fingerprint density at radius 3 is 2.82 bits per heavy atom. The zero-order valence-electron chi connectivity index (χ0n) is 10.0. The normalized spacial score (nSPS) is 11.3. The average molecular weight is 234 g/mol. The van der Waals surface area contributed by atoms with E-state index in [4.69, 9.17) is 0 Å². The van der Waals surface area contributed by atoms with Crippen LogP contribution >= 0.6 is 0 Å². The van der Waals surface area contributed by atoms with Gasteiger partial charge in [0, 0.05) is 13.0 Å². The van der Waals surface area contributed by atoms with E-state index < -0.39 is 0 Å². The minimum atomic E-state index is -0.225. The lowest BCUT2D eigenvalue weighted by Crippen LogP contribution is -2.26. The van der Waals surface area contributed by atoms with E-state index in [1.54, 1.807) is 7.05 Å². The molecule has 90 valence electrons. The second-order valence-electron chi connectivity index (χ2n) is 4.30. The number of carbonyl (C=O) groups is 1. The first kappa shape index (κ1) is 11.5. The van der Waals surface area contributed by atoms with Crippen LogP contribution in [0.2, 0.25) is 0 Å². The lowest BCUT2D eigenvalue weighted by Gasteiger charge is -2.06. The quantitative estimate of drug-likeness (QED) is 0.768. The largest absolute Gasteiger partial charge is 0.297 e. The fourth-order valence-electron chi connectivity index (χ4n) is 1.53. The van der Waals surface area contributed by atoms with Crippen LogP contribution in [0.15, 0.2) is 17.3 Å². The van der Waals surface area contributed by atoms with Crippen molar-refractivity contribution < 1.29 is 4.79 Å². The molecule has 0 aliphatic rings. The maximum atomic E-state index is 12.0. The zero-order chi connectivity index (χ0) is 12.6. The van der Waals surface area contributed by atoms with E-state index in [0.29, 0.717) is 11.0 Å². The Bertz CT molecular complexity index is 624. The van der Waals surface area contributed by atoms with E-state index in [-0.39, 0.29) is 23.8 Å². The second-order valence-corrected chi connectivity index (χ2v) is 4.30. The standard InChI is InChI=1S/C11H14N4O2/c1-7(2)9(16)5-15-6-12-10-8(11(15)17)4-13-14(10)3/h4,6-7H,5H2,1-3H3. The lowest BCUT2D eigenvalue weighted by atomic mass is 10.1. The maximum absolute atomic E-state index is 12.0. The van der Waals surface area contributed by atoms with Gasteiger partial charge in [-0.3, -0.25) is 18.8 Å². The van der Waals surface area contributed by atoms with Gasteiger partial charge in [0.05, 0.1) is 12.7 Å². The molecule has 0 N–H and O–H groups in total. The Hall–Kier alpha value is -1.98. The van der Waals surface area contributed by atoms with E-state index >= 15 is 0 Å². The summed E-state index contributed by atoms with van der Waals surface area (Å²) in [5.74, 6) is -0.0800. The smallest absolute Gasteiger partial charge is 0.264 e. The molecule has 0 unspecified atom stereocenters. The molecule has 0 saturated heterocycles. The molecular weight excluding hydrogens is 220 g/mol. The molecule has 2 heterocycles. The van der Waals surface area contributed by atoms with Crippen LogP contribution in [-0.4, -0.2) is 25.1 Å². The fourth-order valence-corrected chi connectivity index (χ4v) is 1.53. The van der Waals surface area contributed by atoms with E-state index in [0.717, 1.165) is 0 Å². The van der Waals surface area contributed by atoms with Crippen LogP contribution in [0.5, 0.6) is 0 Å². The van der Waals surface area contributed by atoms with Crippen LogP contribution in [0.4, 0.5) is 0 Å². The third-order valence-electron chi connectivity index (χ3n) is 2.69. The van der Waals surface area contributed by atoms with Gasteiger partial charge in [0.2, 0.25) is 0 Å². The van der Waals surface area contributed by atoms with Gasteiger partial charge in [-0.2, -0.15) is 5.10 Å². The molecule has 2 aromatic heterocycles. The highest BCUT2D eigenvalue weighted by molar-refractivity contribution is 5.80. The highest BCUT2D eigenvalue weighted by Crippen LogP contribution is 2.04. The summed E-state index contributed by atoms with van der Waals surface area (Å²) < 4.78 is 2.86. The lowest BCUT2D eigenvalue weighted by molar-refractivity contribution is -0.122. The summed E-state index contributed by atoms with van der Waals surface area (Å²) in [6, 6.07) is 0. The predicted molar refractivity (Wildman–Crippen MR) is 62.6 cm³/mol. The summed E-state index contributed by atoms with van der Waals surface area (Å²) in [5, 5.41) is 4.40. The van der Waals surface area contributed by atoms with Gasteiger partial charge in [-0.1, -0.05) is 13.8 Å². The second kappa shape index (κ2) is 4.12. The number of fused-ring (bicyclic) bond motifs is 1. The van der Waals surface area contributed by atoms with Crippen molar-refractivity contribution in [3.8, 4) is 0 Å². The third-order valence-corrected chi connectivity index (χ3v) is 2.69. The van der Waals surface area contributed by atoms with Gasteiger partial charge in [-0.25, -0.2) is 4.98 Å². The molecule has 0 fully saturated rings. The van der Waals surface area contributed by atoms with Gasteiger partial charge in [0.15, 0.2) is 11.4 Å². The molecule has 0 radical (unpaired) electrons. The number of carbonyl (C=O) groups excluding carboxylic acids is 1. The molecule has 6 heteroatoms. The van der Waals surface area contributed by atoms with Crippen molar-refractivity contribution in [1.82, 2.24) is 19.3 Å². The number of ketones is 1. The molecule has 0 atom stereocenters. The average Bonchev–Trinajstić information content (AvgIpc) is 2.65. The van der Waals surface area contributed by atoms with E-state index in [1.807, 2.05) is 13.8 Å². The van der Waals surface area contributed by atoms with Crippen molar-refractivity contribution in [2.24, 2.45) is 13.0 Å². The third kappa shape index (κ3) is 1.98. The molecule has 2 aromatic rings. The van der Waals surface area contributed by atoms with Gasteiger partial charge >= 0.3 is 0 Å². The molecule has 2 rings (SSSR count). The van der Waals surface area contributed by atoms with Crippen LogP contribution in [0, 0.1) is 5.92 Å². The molecule has 6 nitrogen and oxygen atoms in total. The molecule has 0 spiro atoms. The SMILES string of the molecule is CC(C)C(=O)Cn1cnc2c(cnn2C)c1=O. The highest BCUT2D eigenvalue weighted by Gasteiger charge is 2.12. The molecule has 0 aliphatic heterocycles. The molecule has 0 bridgehead atoms. The highest BCUT2D eigenvalue weighted by atomic mass is 16.1. The fraction of sp³-hybridized carbons (Fsp3) is 0.455. The van der Waals surface area contributed by atoms with Gasteiger partial charge in [-0.15, -0.1) is 0 Å². The Morgan fingerprint density at radius 1 is 1.47 bits per heavy atom. The molecule has 0 saturated carbocycles. The summed E-state index contributed by atoms with van der Waals surface area (Å²) in [6.07, 6.45) is 2.87. The molecule has 0 aliphatic carbocycles. The van der Waals surface area contributed by atoms with Crippen molar-refractivity contribution in [1.29, 1.82) is 0 Å². The number of hydrogen-bond acceptors (Lipinski definition) is 4. The summed E-state index contributed by atoms with van der Waals surface area (Å²) >= 11 is 0. The number of Topliss-reactive ketones (excluding diaryl/α,β-unsaturated/α-hetero) is 1. The number of hydrogen-bond donors (Lipinski definition) is 0. The number of aromatic nitrogens is 4. The van der Waals surface area contributed by atoms with Gasteiger partial charge < -0.3 is 0 Å². The topological polar surface area (TPSA) is 69.8 Å². The first-order valence-corrected chi connectivity index (χ1v) is 5.40. The van der Waals surface area contributed by atoms with Crippen molar-refractivity contribution in [2.45, 2.75) is 20.4 Å². The Morgan fingerprint density at radius 2 is 2.18 bits per heavy atom. The van der Waals surface area contributed by atoms with E-state index in [1.165, 1.54) is 21.8 Å². The molecule has 0 amide bonds. The first-order valence-electron chi connectivity index (χ1n) is 5.40. The number of nitrogens with zero attached hydrogens (tertiary/aromatic N) is 4. The summed E-state index contributed by atoms with van der Waals surface area (Å²) in [5.41, 5.74) is 0.306. The molecule has 17 heavy (non-hydrogen) atoms. The van der Waals surface area contributed by atoms with Crippen LogP contribution in [-0.2, 0) is 18.4 Å². The molecule has 0 aromatic carbocycles. The van der Waals surface area contributed by atoms with Gasteiger partial charge in [0.1, 0.15) is 11.7 Å². The summed E-state index contributed by atoms with van der Waals surface area (Å²) in [6.45, 7) is 3.68.